The Balaban J connectivity index is 2.96. The van der Waals surface area contributed by atoms with Crippen LogP contribution in [0.25, 0.3) is 0 Å². The largest absolute Gasteiger partial charge is 0.378 e. The van der Waals surface area contributed by atoms with Gasteiger partial charge >= 0.3 is 0 Å². The van der Waals surface area contributed by atoms with Gasteiger partial charge in [0.25, 0.3) is 0 Å². The van der Waals surface area contributed by atoms with Gasteiger partial charge in [0.15, 0.2) is 0 Å². The first-order valence-electron chi connectivity index (χ1n) is 9.65. The van der Waals surface area contributed by atoms with E-state index in [1.54, 1.807) is 0 Å². The fraction of sp³-hybridized carbons (Fsp3) is 1.00. The van der Waals surface area contributed by atoms with Crippen LogP contribution < -0.4 is 0 Å². The highest BCUT2D eigenvalue weighted by Crippen LogP contribution is 1.86. The lowest BCUT2D eigenvalue weighted by atomic mass is 10.6. The second-order valence-electron chi connectivity index (χ2n) is 5.28. The molecule has 0 aromatic carbocycles. The number of alkyl halides is 2. The second-order valence-corrected chi connectivity index (χ2v) is 5.65. The minimum Gasteiger partial charge on any atom is -0.378 e. The van der Waals surface area contributed by atoms with Crippen LogP contribution in [0.5, 0.6) is 0 Å². The van der Waals surface area contributed by atoms with Crippen molar-refractivity contribution in [2.75, 3.05) is 118 Å². The number of ether oxygens (including phenoxy) is 8. The fourth-order valence-corrected chi connectivity index (χ4v) is 1.86. The molecule has 0 radical (unpaired) electrons. The van der Waals surface area contributed by atoms with Crippen LogP contribution in [0.4, 0.5) is 4.39 Å². The minimum atomic E-state index is -0.468. The van der Waals surface area contributed by atoms with Gasteiger partial charge in [0.1, 0.15) is 6.67 Å². The Kier molecular flexibility index (Phi) is 26.8. The summed E-state index contributed by atoms with van der Waals surface area (Å²) in [7, 11) is 0. The van der Waals surface area contributed by atoms with Crippen molar-refractivity contribution in [3.8, 4) is 0 Å². The van der Waals surface area contributed by atoms with Gasteiger partial charge in [-0.1, -0.05) is 0 Å². The molecule has 0 aromatic rings. The molecule has 0 aromatic heterocycles. The minimum absolute atomic E-state index is 0.120. The fourth-order valence-electron chi connectivity index (χ4n) is 1.75. The summed E-state index contributed by atoms with van der Waals surface area (Å²) < 4.78 is 53.9. The first-order valence-corrected chi connectivity index (χ1v) is 10.2. The van der Waals surface area contributed by atoms with Crippen LogP contribution in [0.3, 0.4) is 0 Å². The van der Waals surface area contributed by atoms with Crippen molar-refractivity contribution in [1.29, 1.82) is 0 Å². The summed E-state index contributed by atoms with van der Waals surface area (Å²) in [6.45, 7) is 7.24. The molecule has 0 unspecified atom stereocenters. The Labute approximate surface area is 172 Å². The molecule has 10 heteroatoms. The third-order valence-electron chi connectivity index (χ3n) is 3.05. The van der Waals surface area contributed by atoms with Crippen LogP contribution in [0.1, 0.15) is 0 Å². The standard InChI is InChI=1S/C18H36ClFO8/c19-1-3-21-5-7-23-9-11-25-13-15-27-17-18-28-16-14-26-12-10-24-8-6-22-4-2-20/h1-18H2. The third-order valence-corrected chi connectivity index (χ3v) is 3.20. The summed E-state index contributed by atoms with van der Waals surface area (Å²) in [5, 5.41) is 0. The Morgan fingerprint density at radius 2 is 0.571 bits per heavy atom. The summed E-state index contributed by atoms with van der Waals surface area (Å²) in [5.41, 5.74) is 0. The zero-order valence-corrected chi connectivity index (χ0v) is 17.5. The predicted molar refractivity (Wildman–Crippen MR) is 103 cm³/mol. The molecule has 0 fully saturated rings. The Morgan fingerprint density at radius 3 is 0.786 bits per heavy atom. The molecule has 0 atom stereocenters. The summed E-state index contributed by atoms with van der Waals surface area (Å²) in [4.78, 5) is 0. The molecule has 8 nitrogen and oxygen atoms in total. The van der Waals surface area contributed by atoms with E-state index in [1.165, 1.54) is 0 Å². The van der Waals surface area contributed by atoms with Crippen LogP contribution in [0, 0.1) is 0 Å². The van der Waals surface area contributed by atoms with Crippen LogP contribution in [-0.4, -0.2) is 118 Å². The molecule has 170 valence electrons. The van der Waals surface area contributed by atoms with Crippen molar-refractivity contribution >= 4 is 11.6 Å². The number of rotatable bonds is 25. The molecule has 0 N–H and O–H groups in total. The molecule has 0 aliphatic rings. The van der Waals surface area contributed by atoms with Crippen molar-refractivity contribution in [2.24, 2.45) is 0 Å². The van der Waals surface area contributed by atoms with E-state index >= 15 is 0 Å². The molecule has 0 heterocycles. The van der Waals surface area contributed by atoms with Gasteiger partial charge in [-0.05, 0) is 0 Å². The highest BCUT2D eigenvalue weighted by Gasteiger charge is 1.95. The first kappa shape index (κ1) is 27.9. The maximum Gasteiger partial charge on any atom is 0.113 e. The topological polar surface area (TPSA) is 73.8 Å². The number of hydrogen-bond donors (Lipinski definition) is 0. The summed E-state index contributed by atoms with van der Waals surface area (Å²) in [5.74, 6) is 0.499. The van der Waals surface area contributed by atoms with Crippen molar-refractivity contribution in [1.82, 2.24) is 0 Å². The normalized spacial score (nSPS) is 11.4. The highest BCUT2D eigenvalue weighted by atomic mass is 35.5. The molecule has 0 aliphatic heterocycles. The van der Waals surface area contributed by atoms with Gasteiger partial charge in [-0.25, -0.2) is 4.39 Å². The van der Waals surface area contributed by atoms with Gasteiger partial charge < -0.3 is 37.9 Å². The molecule has 0 spiro atoms. The first-order chi connectivity index (χ1) is 13.9. The molecular formula is C18H36ClFO8. The van der Waals surface area contributed by atoms with Crippen LogP contribution in [0.2, 0.25) is 0 Å². The van der Waals surface area contributed by atoms with E-state index in [0.717, 1.165) is 0 Å². The Bertz CT molecular complexity index is 254. The predicted octanol–water partition coefficient (Wildman–Crippen LogP) is 1.33. The summed E-state index contributed by atoms with van der Waals surface area (Å²) in [6.07, 6.45) is 0. The van der Waals surface area contributed by atoms with Crippen LogP contribution in [0.15, 0.2) is 0 Å². The molecule has 0 amide bonds. The zero-order valence-electron chi connectivity index (χ0n) is 16.7. The molecule has 28 heavy (non-hydrogen) atoms. The van der Waals surface area contributed by atoms with E-state index in [0.29, 0.717) is 105 Å². The quantitative estimate of drug-likeness (QED) is 0.157. The Hall–Kier alpha value is -0.100. The average Bonchev–Trinajstić information content (AvgIpc) is 2.71. The average molecular weight is 435 g/mol. The SMILES string of the molecule is FCCOCCOCCOCCOCCOCCOCCOCCOCCCl. The van der Waals surface area contributed by atoms with E-state index in [9.17, 15) is 4.39 Å². The van der Waals surface area contributed by atoms with E-state index in [2.05, 4.69) is 0 Å². The monoisotopic (exact) mass is 434 g/mol. The molecule has 0 rings (SSSR count). The number of halogens is 2. The zero-order chi connectivity index (χ0) is 20.4. The van der Waals surface area contributed by atoms with Crippen molar-refractivity contribution < 1.29 is 42.3 Å². The lowest BCUT2D eigenvalue weighted by Crippen LogP contribution is -2.15. The van der Waals surface area contributed by atoms with E-state index < -0.39 is 6.67 Å². The van der Waals surface area contributed by atoms with E-state index in [-0.39, 0.29) is 6.61 Å². The van der Waals surface area contributed by atoms with E-state index in [1.807, 2.05) is 0 Å². The summed E-state index contributed by atoms with van der Waals surface area (Å²) in [6, 6.07) is 0. The van der Waals surface area contributed by atoms with Gasteiger partial charge in [-0.3, -0.25) is 0 Å². The van der Waals surface area contributed by atoms with Gasteiger partial charge in [0.05, 0.1) is 106 Å². The maximum atomic E-state index is 11.7. The number of hydrogen-bond acceptors (Lipinski definition) is 8. The van der Waals surface area contributed by atoms with E-state index in [4.69, 9.17) is 49.5 Å². The van der Waals surface area contributed by atoms with Crippen LogP contribution >= 0.6 is 11.6 Å². The van der Waals surface area contributed by atoms with Gasteiger partial charge in [-0.2, -0.15) is 0 Å². The lowest BCUT2D eigenvalue weighted by molar-refractivity contribution is -0.0230. The lowest BCUT2D eigenvalue weighted by Gasteiger charge is -2.08. The molecule has 0 bridgehead atoms. The second kappa shape index (κ2) is 26.9. The molecule has 0 saturated carbocycles. The molecular weight excluding hydrogens is 399 g/mol. The summed E-state index contributed by atoms with van der Waals surface area (Å²) >= 11 is 5.48. The Morgan fingerprint density at radius 1 is 0.357 bits per heavy atom. The van der Waals surface area contributed by atoms with Gasteiger partial charge in [0.2, 0.25) is 0 Å². The van der Waals surface area contributed by atoms with Crippen molar-refractivity contribution in [3.63, 3.8) is 0 Å². The smallest absolute Gasteiger partial charge is 0.113 e. The maximum absolute atomic E-state index is 11.7. The third kappa shape index (κ3) is 25.9. The molecule has 0 aliphatic carbocycles. The van der Waals surface area contributed by atoms with Crippen molar-refractivity contribution in [2.45, 2.75) is 0 Å². The van der Waals surface area contributed by atoms with Crippen LogP contribution in [-0.2, 0) is 37.9 Å². The van der Waals surface area contributed by atoms with Crippen molar-refractivity contribution in [3.05, 3.63) is 0 Å². The molecule has 0 saturated heterocycles. The van der Waals surface area contributed by atoms with Gasteiger partial charge in [0, 0.05) is 5.88 Å². The highest BCUT2D eigenvalue weighted by molar-refractivity contribution is 6.17. The van der Waals surface area contributed by atoms with Gasteiger partial charge in [-0.15, -0.1) is 11.6 Å².